The number of thiazole rings is 1. The molecule has 1 fully saturated rings. The van der Waals surface area contributed by atoms with E-state index < -0.39 is 0 Å². The molecule has 0 spiro atoms. The number of hydrogen-bond donors (Lipinski definition) is 1. The van der Waals surface area contributed by atoms with Crippen molar-refractivity contribution in [1.82, 2.24) is 20.1 Å². The minimum Gasteiger partial charge on any atom is -0.345 e. The molecule has 1 aromatic carbocycles. The van der Waals surface area contributed by atoms with Gasteiger partial charge in [0.15, 0.2) is 5.13 Å². The number of nitrogens with zero attached hydrogens (tertiary/aromatic N) is 4. The lowest BCUT2D eigenvalue weighted by atomic mass is 10.1. The van der Waals surface area contributed by atoms with Gasteiger partial charge in [-0.3, -0.25) is 9.89 Å². The van der Waals surface area contributed by atoms with E-state index >= 15 is 0 Å². The standard InChI is InChI=1S/C21H18FN5OS2/c22-16-3-1-14(2-4-16)17-11-18(25-24-17)20(28)26-6-8-27(9-7-26)21-23-19(13-30-21)15-5-10-29-12-15/h1-5,10-13H,6-9H2,(H,24,25). The zero-order chi connectivity index (χ0) is 20.5. The van der Waals surface area contributed by atoms with Gasteiger partial charge in [-0.05, 0) is 41.8 Å². The quantitative estimate of drug-likeness (QED) is 0.513. The maximum Gasteiger partial charge on any atom is 0.272 e. The van der Waals surface area contributed by atoms with E-state index in [1.165, 1.54) is 12.1 Å². The summed E-state index contributed by atoms with van der Waals surface area (Å²) in [6.07, 6.45) is 0. The van der Waals surface area contributed by atoms with Gasteiger partial charge in [0.1, 0.15) is 11.5 Å². The molecule has 1 saturated heterocycles. The molecule has 0 aliphatic carbocycles. The van der Waals surface area contributed by atoms with Crippen molar-refractivity contribution in [2.75, 3.05) is 31.1 Å². The van der Waals surface area contributed by atoms with E-state index in [-0.39, 0.29) is 11.7 Å². The number of aromatic amines is 1. The van der Waals surface area contributed by atoms with E-state index in [4.69, 9.17) is 4.98 Å². The molecule has 1 aliphatic rings. The van der Waals surface area contributed by atoms with Gasteiger partial charge in [0, 0.05) is 48.1 Å². The monoisotopic (exact) mass is 439 g/mol. The molecule has 0 saturated carbocycles. The van der Waals surface area contributed by atoms with Crippen molar-refractivity contribution in [3.8, 4) is 22.5 Å². The minimum atomic E-state index is -0.300. The Morgan fingerprint density at radius 1 is 1.00 bits per heavy atom. The number of hydrogen-bond acceptors (Lipinski definition) is 6. The lowest BCUT2D eigenvalue weighted by Crippen LogP contribution is -2.48. The van der Waals surface area contributed by atoms with Crippen LogP contribution in [0.25, 0.3) is 22.5 Å². The number of carbonyl (C=O) groups excluding carboxylic acids is 1. The van der Waals surface area contributed by atoms with Gasteiger partial charge >= 0.3 is 0 Å². The van der Waals surface area contributed by atoms with Crippen LogP contribution in [-0.2, 0) is 0 Å². The number of carbonyl (C=O) groups is 1. The van der Waals surface area contributed by atoms with Gasteiger partial charge in [-0.25, -0.2) is 9.37 Å². The van der Waals surface area contributed by atoms with Crippen molar-refractivity contribution in [3.05, 3.63) is 64.0 Å². The molecule has 5 rings (SSSR count). The molecule has 0 bridgehead atoms. The first-order valence-electron chi connectivity index (χ1n) is 9.51. The fraction of sp³-hybridized carbons (Fsp3) is 0.190. The Hall–Kier alpha value is -3.04. The van der Waals surface area contributed by atoms with Crippen LogP contribution in [0.15, 0.2) is 52.5 Å². The van der Waals surface area contributed by atoms with E-state index in [0.29, 0.717) is 24.5 Å². The largest absolute Gasteiger partial charge is 0.345 e. The van der Waals surface area contributed by atoms with E-state index in [1.807, 2.05) is 4.90 Å². The third-order valence-electron chi connectivity index (χ3n) is 5.09. The number of nitrogens with one attached hydrogen (secondary N) is 1. The molecule has 1 aliphatic heterocycles. The molecule has 152 valence electrons. The summed E-state index contributed by atoms with van der Waals surface area (Å²) in [6.45, 7) is 2.72. The van der Waals surface area contributed by atoms with Gasteiger partial charge in [0.2, 0.25) is 0 Å². The zero-order valence-corrected chi connectivity index (χ0v) is 17.5. The van der Waals surface area contributed by atoms with Crippen molar-refractivity contribution >= 4 is 33.7 Å². The number of thiophene rings is 1. The van der Waals surface area contributed by atoms with Gasteiger partial charge < -0.3 is 9.80 Å². The second-order valence-electron chi connectivity index (χ2n) is 6.98. The number of benzene rings is 1. The maximum atomic E-state index is 13.1. The van der Waals surface area contributed by atoms with E-state index in [0.717, 1.165) is 35.0 Å². The number of anilines is 1. The molecule has 1 N–H and O–H groups in total. The lowest BCUT2D eigenvalue weighted by Gasteiger charge is -2.34. The van der Waals surface area contributed by atoms with Crippen LogP contribution in [-0.4, -0.2) is 52.2 Å². The molecular formula is C21H18FN5OS2. The molecule has 4 aromatic rings. The van der Waals surface area contributed by atoms with Gasteiger partial charge in [-0.15, -0.1) is 11.3 Å². The topological polar surface area (TPSA) is 65.1 Å². The Morgan fingerprint density at radius 3 is 2.53 bits per heavy atom. The van der Waals surface area contributed by atoms with Crippen LogP contribution in [0.5, 0.6) is 0 Å². The summed E-state index contributed by atoms with van der Waals surface area (Å²) in [5.41, 5.74) is 3.98. The molecule has 4 heterocycles. The molecule has 3 aromatic heterocycles. The molecular weight excluding hydrogens is 421 g/mol. The number of rotatable bonds is 4. The fourth-order valence-electron chi connectivity index (χ4n) is 3.42. The predicted molar refractivity (Wildman–Crippen MR) is 118 cm³/mol. The number of piperazine rings is 1. The Morgan fingerprint density at radius 2 is 1.80 bits per heavy atom. The molecule has 0 unspecified atom stereocenters. The van der Waals surface area contributed by atoms with Crippen molar-refractivity contribution in [3.63, 3.8) is 0 Å². The second-order valence-corrected chi connectivity index (χ2v) is 8.60. The average Bonchev–Trinajstić information content (AvgIpc) is 3.55. The first-order chi connectivity index (χ1) is 14.7. The zero-order valence-electron chi connectivity index (χ0n) is 15.9. The Kier molecular flexibility index (Phi) is 5.06. The summed E-state index contributed by atoms with van der Waals surface area (Å²) in [7, 11) is 0. The van der Waals surface area contributed by atoms with Gasteiger partial charge in [0.25, 0.3) is 5.91 Å². The van der Waals surface area contributed by atoms with Crippen molar-refractivity contribution in [2.24, 2.45) is 0 Å². The number of halogens is 1. The van der Waals surface area contributed by atoms with Crippen LogP contribution in [0.4, 0.5) is 9.52 Å². The molecule has 6 nitrogen and oxygen atoms in total. The van der Waals surface area contributed by atoms with Gasteiger partial charge in [0.05, 0.1) is 11.4 Å². The maximum absolute atomic E-state index is 13.1. The summed E-state index contributed by atoms with van der Waals surface area (Å²) in [5, 5.41) is 14.2. The third kappa shape index (κ3) is 3.73. The molecule has 0 radical (unpaired) electrons. The first kappa shape index (κ1) is 19.0. The normalized spacial score (nSPS) is 14.3. The third-order valence-corrected chi connectivity index (χ3v) is 6.68. The average molecular weight is 440 g/mol. The SMILES string of the molecule is O=C(c1cc(-c2ccc(F)cc2)n[nH]1)N1CCN(c2nc(-c3ccsc3)cs2)CC1. The van der Waals surface area contributed by atoms with Crippen LogP contribution in [0, 0.1) is 5.82 Å². The van der Waals surface area contributed by atoms with Crippen molar-refractivity contribution in [1.29, 1.82) is 0 Å². The van der Waals surface area contributed by atoms with E-state index in [9.17, 15) is 9.18 Å². The summed E-state index contributed by atoms with van der Waals surface area (Å²) in [6, 6.07) is 9.86. The van der Waals surface area contributed by atoms with Gasteiger partial charge in [-0.2, -0.15) is 16.4 Å². The number of amides is 1. The highest BCUT2D eigenvalue weighted by Crippen LogP contribution is 2.29. The minimum absolute atomic E-state index is 0.0754. The van der Waals surface area contributed by atoms with Crippen LogP contribution in [0.3, 0.4) is 0 Å². The Balaban J connectivity index is 1.22. The van der Waals surface area contributed by atoms with Crippen LogP contribution in [0.2, 0.25) is 0 Å². The lowest BCUT2D eigenvalue weighted by molar-refractivity contribution is 0.0741. The second kappa shape index (κ2) is 8.00. The smallest absolute Gasteiger partial charge is 0.272 e. The Bertz CT molecular complexity index is 1140. The summed E-state index contributed by atoms with van der Waals surface area (Å²) < 4.78 is 13.1. The molecule has 9 heteroatoms. The highest BCUT2D eigenvalue weighted by Gasteiger charge is 2.25. The van der Waals surface area contributed by atoms with Crippen molar-refractivity contribution in [2.45, 2.75) is 0 Å². The van der Waals surface area contributed by atoms with Crippen molar-refractivity contribution < 1.29 is 9.18 Å². The summed E-state index contributed by atoms with van der Waals surface area (Å²) >= 11 is 3.30. The van der Waals surface area contributed by atoms with Crippen LogP contribution < -0.4 is 4.90 Å². The fourth-order valence-corrected chi connectivity index (χ4v) is 4.96. The van der Waals surface area contributed by atoms with Crippen LogP contribution >= 0.6 is 22.7 Å². The van der Waals surface area contributed by atoms with E-state index in [2.05, 4.69) is 37.3 Å². The predicted octanol–water partition coefficient (Wildman–Crippen LogP) is 4.36. The molecule has 1 amide bonds. The van der Waals surface area contributed by atoms with Crippen LogP contribution in [0.1, 0.15) is 10.5 Å². The summed E-state index contributed by atoms with van der Waals surface area (Å²) in [4.78, 5) is 21.7. The van der Waals surface area contributed by atoms with E-state index in [1.54, 1.807) is 40.9 Å². The number of aromatic nitrogens is 3. The number of H-pyrrole nitrogens is 1. The first-order valence-corrected chi connectivity index (χ1v) is 11.3. The highest BCUT2D eigenvalue weighted by atomic mass is 32.1. The molecule has 0 atom stereocenters. The van der Waals surface area contributed by atoms with Gasteiger partial charge in [-0.1, -0.05) is 0 Å². The summed E-state index contributed by atoms with van der Waals surface area (Å²) in [5.74, 6) is -0.375. The molecule has 30 heavy (non-hydrogen) atoms. The Labute approximate surface area is 180 Å². The highest BCUT2D eigenvalue weighted by molar-refractivity contribution is 7.14.